The van der Waals surface area contributed by atoms with Gasteiger partial charge in [0.25, 0.3) is 0 Å². The molecular formula is C26H26N2OS. The van der Waals surface area contributed by atoms with Crippen LogP contribution in [0, 0.1) is 0 Å². The summed E-state index contributed by atoms with van der Waals surface area (Å²) in [6, 6.07) is 14.7. The van der Waals surface area contributed by atoms with Gasteiger partial charge in [0.2, 0.25) is 0 Å². The quantitative estimate of drug-likeness (QED) is 0.280. The summed E-state index contributed by atoms with van der Waals surface area (Å²) in [6.07, 6.45) is 1.90. The lowest BCUT2D eigenvalue weighted by molar-refractivity contribution is 0.587. The largest absolute Gasteiger partial charge is 0.455 e. The number of para-hydroxylation sites is 1. The minimum absolute atomic E-state index is 0.0258. The fourth-order valence-corrected chi connectivity index (χ4v) is 5.01. The molecule has 30 heavy (non-hydrogen) atoms. The average Bonchev–Trinajstić information content (AvgIpc) is 3.28. The van der Waals surface area contributed by atoms with Gasteiger partial charge in [0.15, 0.2) is 0 Å². The van der Waals surface area contributed by atoms with Gasteiger partial charge in [0, 0.05) is 27.9 Å². The molecule has 0 atom stereocenters. The molecule has 0 aliphatic rings. The summed E-state index contributed by atoms with van der Waals surface area (Å²) in [5, 5.41) is 3.43. The van der Waals surface area contributed by atoms with Crippen molar-refractivity contribution in [3.05, 3.63) is 59.2 Å². The molecular weight excluding hydrogens is 388 g/mol. The van der Waals surface area contributed by atoms with E-state index in [1.54, 1.807) is 11.3 Å². The van der Waals surface area contributed by atoms with E-state index in [0.29, 0.717) is 0 Å². The maximum absolute atomic E-state index is 6.41. The van der Waals surface area contributed by atoms with Crippen LogP contribution < -0.4 is 0 Å². The van der Waals surface area contributed by atoms with E-state index in [0.717, 1.165) is 43.7 Å². The number of nitrogens with zero attached hydrogens (tertiary/aromatic N) is 2. The monoisotopic (exact) mass is 414 g/mol. The Kier molecular flexibility index (Phi) is 4.10. The van der Waals surface area contributed by atoms with Crippen LogP contribution in [0.2, 0.25) is 0 Å². The van der Waals surface area contributed by atoms with E-state index < -0.39 is 0 Å². The molecule has 0 spiro atoms. The topological polar surface area (TPSA) is 38.9 Å². The number of pyridine rings is 1. The SMILES string of the molecule is CC(C)(C)c1ccnc(-c2cccc3c2oc2ccc4nc(C(C)(C)C)sc4c23)c1. The van der Waals surface area contributed by atoms with Crippen molar-refractivity contribution >= 4 is 43.5 Å². The molecule has 0 unspecified atom stereocenters. The number of hydrogen-bond donors (Lipinski definition) is 0. The maximum atomic E-state index is 6.41. The van der Waals surface area contributed by atoms with Gasteiger partial charge < -0.3 is 4.42 Å². The van der Waals surface area contributed by atoms with E-state index in [-0.39, 0.29) is 10.8 Å². The van der Waals surface area contributed by atoms with Crippen molar-refractivity contribution in [1.29, 1.82) is 0 Å². The van der Waals surface area contributed by atoms with Gasteiger partial charge in [-0.2, -0.15) is 0 Å². The van der Waals surface area contributed by atoms with Crippen molar-refractivity contribution in [3.8, 4) is 11.3 Å². The van der Waals surface area contributed by atoms with Crippen LogP contribution in [0.5, 0.6) is 0 Å². The van der Waals surface area contributed by atoms with E-state index in [1.165, 1.54) is 10.3 Å². The van der Waals surface area contributed by atoms with Crippen molar-refractivity contribution in [1.82, 2.24) is 9.97 Å². The molecule has 0 bridgehead atoms. The molecule has 0 saturated carbocycles. The third-order valence-corrected chi connectivity index (χ3v) is 7.07. The van der Waals surface area contributed by atoms with Crippen LogP contribution in [0.15, 0.2) is 53.1 Å². The molecule has 3 aromatic heterocycles. The van der Waals surface area contributed by atoms with Gasteiger partial charge in [0.1, 0.15) is 11.2 Å². The van der Waals surface area contributed by atoms with E-state index >= 15 is 0 Å². The molecule has 0 amide bonds. The predicted molar refractivity (Wildman–Crippen MR) is 128 cm³/mol. The molecule has 3 heterocycles. The Bertz CT molecular complexity index is 1410. The summed E-state index contributed by atoms with van der Waals surface area (Å²) in [5.74, 6) is 0. The first-order valence-corrected chi connectivity index (χ1v) is 11.2. The summed E-state index contributed by atoms with van der Waals surface area (Å²) in [5.41, 5.74) is 6.17. The van der Waals surface area contributed by atoms with E-state index in [4.69, 9.17) is 9.40 Å². The normalized spacial score (nSPS) is 13.0. The summed E-state index contributed by atoms with van der Waals surface area (Å²) in [4.78, 5) is 9.58. The highest BCUT2D eigenvalue weighted by Crippen LogP contribution is 2.42. The molecule has 4 heteroatoms. The Labute approximate surface area is 180 Å². The van der Waals surface area contributed by atoms with Gasteiger partial charge in [-0.25, -0.2) is 4.98 Å². The van der Waals surface area contributed by atoms with Crippen molar-refractivity contribution < 1.29 is 4.42 Å². The van der Waals surface area contributed by atoms with Crippen LogP contribution in [0.25, 0.3) is 43.4 Å². The maximum Gasteiger partial charge on any atom is 0.144 e. The Hall–Kier alpha value is -2.72. The molecule has 0 N–H and O–H groups in total. The Balaban J connectivity index is 1.80. The molecule has 0 aliphatic carbocycles. The molecule has 2 aromatic carbocycles. The number of furan rings is 1. The summed E-state index contributed by atoms with van der Waals surface area (Å²) < 4.78 is 7.60. The van der Waals surface area contributed by atoms with Crippen molar-refractivity contribution in [3.63, 3.8) is 0 Å². The number of aromatic nitrogens is 2. The summed E-state index contributed by atoms with van der Waals surface area (Å²) in [7, 11) is 0. The molecule has 5 aromatic rings. The second kappa shape index (κ2) is 6.39. The standard InChI is InChI=1S/C26H26N2OS/c1-25(2,3)15-12-13-27-19(14-15)16-8-7-9-17-21-20(29-22(16)17)11-10-18-23(21)30-24(28-18)26(4,5)6/h7-14H,1-6H3. The van der Waals surface area contributed by atoms with Gasteiger partial charge >= 0.3 is 0 Å². The minimum atomic E-state index is 0.0258. The van der Waals surface area contributed by atoms with Crippen LogP contribution in [0.4, 0.5) is 0 Å². The highest BCUT2D eigenvalue weighted by atomic mass is 32.1. The first kappa shape index (κ1) is 19.3. The number of benzene rings is 2. The van der Waals surface area contributed by atoms with Gasteiger partial charge in [-0.05, 0) is 41.3 Å². The van der Waals surface area contributed by atoms with Crippen LogP contribution >= 0.6 is 11.3 Å². The lowest BCUT2D eigenvalue weighted by atomic mass is 9.87. The average molecular weight is 415 g/mol. The van der Waals surface area contributed by atoms with Gasteiger partial charge in [-0.15, -0.1) is 11.3 Å². The van der Waals surface area contributed by atoms with Crippen LogP contribution in [-0.4, -0.2) is 9.97 Å². The zero-order valence-corrected chi connectivity index (χ0v) is 19.1. The summed E-state index contributed by atoms with van der Waals surface area (Å²) >= 11 is 1.77. The molecule has 152 valence electrons. The number of fused-ring (bicyclic) bond motifs is 5. The summed E-state index contributed by atoms with van der Waals surface area (Å²) in [6.45, 7) is 13.3. The fraction of sp³-hybridized carbons (Fsp3) is 0.308. The lowest BCUT2D eigenvalue weighted by Crippen LogP contribution is -2.11. The zero-order chi connectivity index (χ0) is 21.3. The van der Waals surface area contributed by atoms with E-state index in [1.807, 2.05) is 12.3 Å². The molecule has 0 radical (unpaired) electrons. The molecule has 0 fully saturated rings. The second-order valence-corrected chi connectivity index (χ2v) is 11.0. The first-order chi connectivity index (χ1) is 14.1. The highest BCUT2D eigenvalue weighted by Gasteiger charge is 2.22. The van der Waals surface area contributed by atoms with Crippen LogP contribution in [0.3, 0.4) is 0 Å². The number of rotatable bonds is 1. The minimum Gasteiger partial charge on any atom is -0.455 e. The highest BCUT2D eigenvalue weighted by molar-refractivity contribution is 7.19. The van der Waals surface area contributed by atoms with Crippen molar-refractivity contribution in [2.75, 3.05) is 0 Å². The smallest absolute Gasteiger partial charge is 0.144 e. The van der Waals surface area contributed by atoms with E-state index in [2.05, 4.69) is 82.9 Å². The van der Waals surface area contributed by atoms with E-state index in [9.17, 15) is 0 Å². The van der Waals surface area contributed by atoms with Gasteiger partial charge in [-0.3, -0.25) is 4.98 Å². The number of hydrogen-bond acceptors (Lipinski definition) is 4. The Morgan fingerprint density at radius 2 is 1.70 bits per heavy atom. The van der Waals surface area contributed by atoms with Gasteiger partial charge in [-0.1, -0.05) is 53.7 Å². The van der Waals surface area contributed by atoms with Crippen molar-refractivity contribution in [2.45, 2.75) is 52.4 Å². The lowest BCUT2D eigenvalue weighted by Gasteiger charge is -2.19. The first-order valence-electron chi connectivity index (χ1n) is 10.3. The van der Waals surface area contributed by atoms with Crippen molar-refractivity contribution in [2.24, 2.45) is 0 Å². The Morgan fingerprint density at radius 3 is 2.43 bits per heavy atom. The van der Waals surface area contributed by atoms with Crippen LogP contribution in [-0.2, 0) is 10.8 Å². The van der Waals surface area contributed by atoms with Crippen LogP contribution in [0.1, 0.15) is 52.1 Å². The molecule has 3 nitrogen and oxygen atoms in total. The number of thiazole rings is 1. The predicted octanol–water partition coefficient (Wildman–Crippen LogP) is 7.85. The Morgan fingerprint density at radius 1 is 0.900 bits per heavy atom. The molecule has 5 rings (SSSR count). The third kappa shape index (κ3) is 3.02. The second-order valence-electron chi connectivity index (χ2n) is 10.0. The third-order valence-electron chi connectivity index (χ3n) is 5.56. The van der Waals surface area contributed by atoms with Gasteiger partial charge in [0.05, 0.1) is 20.9 Å². The fourth-order valence-electron chi connectivity index (χ4n) is 3.83. The molecule has 0 aliphatic heterocycles. The zero-order valence-electron chi connectivity index (χ0n) is 18.3. The molecule has 0 saturated heterocycles.